The molecule has 1 aromatic heterocycles. The molecule has 2 aromatic rings. The minimum Gasteiger partial charge on any atom is -0.381 e. The number of carbonyl (C=O) groups excluding carboxylic acids is 1. The molecule has 0 atom stereocenters. The van der Waals surface area contributed by atoms with E-state index >= 15 is 0 Å². The third-order valence-electron chi connectivity index (χ3n) is 5.97. The van der Waals surface area contributed by atoms with E-state index in [-0.39, 0.29) is 5.91 Å². The highest BCUT2D eigenvalue weighted by atomic mass is 16.5. The summed E-state index contributed by atoms with van der Waals surface area (Å²) in [5, 5.41) is 7.88. The number of aromatic nitrogens is 2. The average Bonchev–Trinajstić information content (AvgIpc) is 3.03. The minimum atomic E-state index is -0.492. The summed E-state index contributed by atoms with van der Waals surface area (Å²) in [5.74, 6) is 0.0993. The fourth-order valence-corrected chi connectivity index (χ4v) is 4.46. The topological polar surface area (TPSA) is 56.2 Å². The van der Waals surface area contributed by atoms with Gasteiger partial charge in [0.25, 0.3) is 0 Å². The van der Waals surface area contributed by atoms with Gasteiger partial charge in [0, 0.05) is 26.0 Å². The number of rotatable bonds is 4. The Hall–Kier alpha value is -2.14. The molecule has 4 rings (SSSR count). The quantitative estimate of drug-likeness (QED) is 0.919. The third-order valence-corrected chi connectivity index (χ3v) is 5.97. The van der Waals surface area contributed by atoms with Gasteiger partial charge in [-0.3, -0.25) is 9.48 Å². The van der Waals surface area contributed by atoms with Gasteiger partial charge in [0.2, 0.25) is 5.91 Å². The first kappa shape index (κ1) is 17.3. The Morgan fingerprint density at radius 1 is 1.19 bits per heavy atom. The molecule has 5 nitrogen and oxygen atoms in total. The van der Waals surface area contributed by atoms with E-state index in [0.29, 0.717) is 19.8 Å². The van der Waals surface area contributed by atoms with E-state index < -0.39 is 5.41 Å². The molecular formula is C21H27N3O2. The van der Waals surface area contributed by atoms with Gasteiger partial charge in [0.1, 0.15) is 0 Å². The molecule has 1 N–H and O–H groups in total. The lowest BCUT2D eigenvalue weighted by molar-refractivity contribution is -0.130. The highest BCUT2D eigenvalue weighted by Crippen LogP contribution is 2.35. The van der Waals surface area contributed by atoms with Crippen LogP contribution in [-0.4, -0.2) is 28.9 Å². The van der Waals surface area contributed by atoms with Crippen LogP contribution in [0.25, 0.3) is 0 Å². The Labute approximate surface area is 154 Å². The standard InChI is InChI=1S/C21H27N3O2/c1-24-19-10-6-5-9-17(19)18(23-24)15-22-20(25)21(11-13-26-14-12-21)16-7-3-2-4-8-16/h2-4,7-8H,5-6,9-15H2,1H3,(H,22,25). The van der Waals surface area contributed by atoms with Crippen LogP contribution in [0, 0.1) is 0 Å². The van der Waals surface area contributed by atoms with Gasteiger partial charge in [-0.05, 0) is 49.7 Å². The molecule has 2 heterocycles. The number of amides is 1. The number of nitrogens with one attached hydrogen (secondary N) is 1. The monoisotopic (exact) mass is 353 g/mol. The number of hydrogen-bond acceptors (Lipinski definition) is 3. The van der Waals surface area contributed by atoms with Crippen LogP contribution >= 0.6 is 0 Å². The number of aryl methyl sites for hydroxylation is 1. The SMILES string of the molecule is Cn1nc(CNC(=O)C2(c3ccccc3)CCOCC2)c2c1CCCC2. The number of fused-ring (bicyclic) bond motifs is 1. The molecule has 5 heteroatoms. The van der Waals surface area contributed by atoms with E-state index in [4.69, 9.17) is 4.74 Å². The van der Waals surface area contributed by atoms with Gasteiger partial charge < -0.3 is 10.1 Å². The first-order valence-corrected chi connectivity index (χ1v) is 9.66. The van der Waals surface area contributed by atoms with Crippen LogP contribution in [0.2, 0.25) is 0 Å². The van der Waals surface area contributed by atoms with Crippen LogP contribution in [0.1, 0.15) is 48.2 Å². The lowest BCUT2D eigenvalue weighted by atomic mass is 9.73. The number of benzene rings is 1. The van der Waals surface area contributed by atoms with Crippen molar-refractivity contribution in [3.05, 3.63) is 52.8 Å². The Morgan fingerprint density at radius 3 is 2.69 bits per heavy atom. The Bertz CT molecular complexity index is 776. The highest BCUT2D eigenvalue weighted by Gasteiger charge is 2.41. The van der Waals surface area contributed by atoms with Crippen molar-refractivity contribution in [2.45, 2.75) is 50.5 Å². The highest BCUT2D eigenvalue weighted by molar-refractivity contribution is 5.88. The fraction of sp³-hybridized carbons (Fsp3) is 0.524. The molecule has 0 saturated carbocycles. The van der Waals surface area contributed by atoms with Crippen LogP contribution in [0.5, 0.6) is 0 Å². The van der Waals surface area contributed by atoms with Crippen molar-refractivity contribution in [3.8, 4) is 0 Å². The average molecular weight is 353 g/mol. The van der Waals surface area contributed by atoms with Crippen LogP contribution in [0.4, 0.5) is 0 Å². The van der Waals surface area contributed by atoms with E-state index in [1.807, 2.05) is 29.9 Å². The normalized spacial score (nSPS) is 19.0. The van der Waals surface area contributed by atoms with Crippen LogP contribution in [0.15, 0.2) is 30.3 Å². The smallest absolute Gasteiger partial charge is 0.231 e. The van der Waals surface area contributed by atoms with Crippen molar-refractivity contribution in [3.63, 3.8) is 0 Å². The lowest BCUT2D eigenvalue weighted by Gasteiger charge is -2.36. The van der Waals surface area contributed by atoms with Crippen LogP contribution < -0.4 is 5.32 Å². The van der Waals surface area contributed by atoms with Gasteiger partial charge in [0.05, 0.1) is 17.7 Å². The predicted octanol–water partition coefficient (Wildman–Crippen LogP) is 2.66. The summed E-state index contributed by atoms with van der Waals surface area (Å²) in [6, 6.07) is 10.1. The van der Waals surface area contributed by atoms with E-state index in [0.717, 1.165) is 36.9 Å². The molecule has 0 spiro atoms. The van der Waals surface area contributed by atoms with Gasteiger partial charge in [-0.2, -0.15) is 5.10 Å². The zero-order valence-corrected chi connectivity index (χ0v) is 15.5. The summed E-state index contributed by atoms with van der Waals surface area (Å²) in [6.07, 6.45) is 6.07. The van der Waals surface area contributed by atoms with Crippen LogP contribution in [-0.2, 0) is 41.4 Å². The Kier molecular flexibility index (Phi) is 4.81. The molecule has 1 aliphatic carbocycles. The molecule has 0 radical (unpaired) electrons. The summed E-state index contributed by atoms with van der Waals surface area (Å²) < 4.78 is 7.54. The number of hydrogen-bond donors (Lipinski definition) is 1. The summed E-state index contributed by atoms with van der Waals surface area (Å²) >= 11 is 0. The van der Waals surface area contributed by atoms with Gasteiger partial charge in [-0.15, -0.1) is 0 Å². The summed E-state index contributed by atoms with van der Waals surface area (Å²) in [4.78, 5) is 13.3. The van der Waals surface area contributed by atoms with Crippen molar-refractivity contribution in [1.82, 2.24) is 15.1 Å². The maximum atomic E-state index is 13.3. The second-order valence-corrected chi connectivity index (χ2v) is 7.45. The van der Waals surface area contributed by atoms with Crippen molar-refractivity contribution in [1.29, 1.82) is 0 Å². The van der Waals surface area contributed by atoms with Gasteiger partial charge in [-0.1, -0.05) is 30.3 Å². The second-order valence-electron chi connectivity index (χ2n) is 7.45. The third kappa shape index (κ3) is 3.05. The van der Waals surface area contributed by atoms with Crippen molar-refractivity contribution in [2.75, 3.05) is 13.2 Å². The largest absolute Gasteiger partial charge is 0.381 e. The molecular weight excluding hydrogens is 326 g/mol. The molecule has 138 valence electrons. The number of nitrogens with zero attached hydrogens (tertiary/aromatic N) is 2. The Balaban J connectivity index is 1.55. The zero-order chi connectivity index (χ0) is 18.0. The van der Waals surface area contributed by atoms with E-state index in [1.165, 1.54) is 24.1 Å². The molecule has 2 aliphatic rings. The van der Waals surface area contributed by atoms with E-state index in [9.17, 15) is 4.79 Å². The number of carbonyl (C=O) groups is 1. The van der Waals surface area contributed by atoms with Gasteiger partial charge in [-0.25, -0.2) is 0 Å². The van der Waals surface area contributed by atoms with Crippen molar-refractivity contribution in [2.24, 2.45) is 7.05 Å². The zero-order valence-electron chi connectivity index (χ0n) is 15.5. The number of ether oxygens (including phenoxy) is 1. The van der Waals surface area contributed by atoms with Crippen LogP contribution in [0.3, 0.4) is 0 Å². The summed E-state index contributed by atoms with van der Waals surface area (Å²) in [6.45, 7) is 1.76. The maximum Gasteiger partial charge on any atom is 0.231 e. The van der Waals surface area contributed by atoms with Crippen molar-refractivity contribution >= 4 is 5.91 Å². The van der Waals surface area contributed by atoms with E-state index in [1.54, 1.807) is 0 Å². The molecule has 1 amide bonds. The van der Waals surface area contributed by atoms with Gasteiger partial charge >= 0.3 is 0 Å². The van der Waals surface area contributed by atoms with E-state index in [2.05, 4.69) is 22.5 Å². The molecule has 1 aliphatic heterocycles. The fourth-order valence-electron chi connectivity index (χ4n) is 4.46. The molecule has 1 fully saturated rings. The lowest BCUT2D eigenvalue weighted by Crippen LogP contribution is -2.47. The molecule has 0 unspecified atom stereocenters. The molecule has 1 saturated heterocycles. The predicted molar refractivity (Wildman–Crippen MR) is 99.9 cm³/mol. The molecule has 0 bridgehead atoms. The maximum absolute atomic E-state index is 13.3. The first-order chi connectivity index (χ1) is 12.7. The summed E-state index contributed by atoms with van der Waals surface area (Å²) in [7, 11) is 2.01. The van der Waals surface area contributed by atoms with Crippen molar-refractivity contribution < 1.29 is 9.53 Å². The molecule has 1 aromatic carbocycles. The second kappa shape index (κ2) is 7.23. The Morgan fingerprint density at radius 2 is 1.92 bits per heavy atom. The molecule has 26 heavy (non-hydrogen) atoms. The first-order valence-electron chi connectivity index (χ1n) is 9.66. The summed E-state index contributed by atoms with van der Waals surface area (Å²) in [5.41, 5.74) is 4.31. The van der Waals surface area contributed by atoms with Gasteiger partial charge in [0.15, 0.2) is 0 Å². The minimum absolute atomic E-state index is 0.0993.